The third-order valence-corrected chi connectivity index (χ3v) is 2.29. The summed E-state index contributed by atoms with van der Waals surface area (Å²) in [6.45, 7) is 6.12. The molecule has 0 aliphatic rings. The third-order valence-electron chi connectivity index (χ3n) is 2.29. The fourth-order valence-corrected chi connectivity index (χ4v) is 1.63. The van der Waals surface area contributed by atoms with E-state index in [1.165, 1.54) is 5.56 Å². The Labute approximate surface area is 92.9 Å². The molecule has 1 aromatic rings. The van der Waals surface area contributed by atoms with Crippen LogP contribution in [-0.2, 0) is 0 Å². The molecule has 15 heavy (non-hydrogen) atoms. The Morgan fingerprint density at radius 1 is 1.27 bits per heavy atom. The number of ether oxygens (including phenoxy) is 1. The van der Waals surface area contributed by atoms with E-state index in [1.54, 1.807) is 0 Å². The summed E-state index contributed by atoms with van der Waals surface area (Å²) in [6, 6.07) is 8.15. The molecule has 2 heteroatoms. The predicted molar refractivity (Wildman–Crippen MR) is 64.4 cm³/mol. The lowest BCUT2D eigenvalue weighted by atomic mass is 10.2. The summed E-state index contributed by atoms with van der Waals surface area (Å²) in [7, 11) is 4.18. The van der Waals surface area contributed by atoms with Gasteiger partial charge in [0.2, 0.25) is 0 Å². The van der Waals surface area contributed by atoms with Gasteiger partial charge in [0.25, 0.3) is 0 Å². The molecule has 0 bridgehead atoms. The second-order valence-corrected chi connectivity index (χ2v) is 4.44. The van der Waals surface area contributed by atoms with Gasteiger partial charge in [0.15, 0.2) is 0 Å². The van der Waals surface area contributed by atoms with Gasteiger partial charge in [-0.15, -0.1) is 0 Å². The van der Waals surface area contributed by atoms with Gasteiger partial charge in [-0.05, 0) is 32.6 Å². The number of rotatable bonds is 5. The Morgan fingerprint density at radius 3 is 2.53 bits per heavy atom. The smallest absolute Gasteiger partial charge is 0.122 e. The molecule has 0 radical (unpaired) electrons. The fraction of sp³-hybridized carbons (Fsp3) is 0.538. The maximum atomic E-state index is 5.77. The first kappa shape index (κ1) is 12.1. The molecule has 0 amide bonds. The van der Waals surface area contributed by atoms with E-state index in [1.807, 2.05) is 18.2 Å². The molecule has 1 atom stereocenters. The van der Waals surface area contributed by atoms with Gasteiger partial charge in [-0.2, -0.15) is 0 Å². The van der Waals surface area contributed by atoms with E-state index in [9.17, 15) is 0 Å². The summed E-state index contributed by atoms with van der Waals surface area (Å²) in [5.74, 6) is 1.56. The first-order valence-electron chi connectivity index (χ1n) is 5.42. The van der Waals surface area contributed by atoms with Crippen molar-refractivity contribution in [2.45, 2.75) is 13.8 Å². The highest BCUT2D eigenvalue weighted by Gasteiger charge is 2.05. The average molecular weight is 207 g/mol. The van der Waals surface area contributed by atoms with Gasteiger partial charge in [0.05, 0.1) is 6.61 Å². The number of benzene rings is 1. The summed E-state index contributed by atoms with van der Waals surface area (Å²) in [6.07, 6.45) is 0. The molecule has 84 valence electrons. The van der Waals surface area contributed by atoms with Crippen LogP contribution >= 0.6 is 0 Å². The van der Waals surface area contributed by atoms with Gasteiger partial charge in [0.1, 0.15) is 5.75 Å². The Bertz CT molecular complexity index is 296. The minimum absolute atomic E-state index is 0.555. The van der Waals surface area contributed by atoms with Crippen LogP contribution in [0, 0.1) is 12.8 Å². The highest BCUT2D eigenvalue weighted by atomic mass is 16.5. The summed E-state index contributed by atoms with van der Waals surface area (Å²) >= 11 is 0. The van der Waals surface area contributed by atoms with Crippen LogP contribution in [0.15, 0.2) is 24.3 Å². The number of hydrogen-bond acceptors (Lipinski definition) is 2. The van der Waals surface area contributed by atoms with E-state index < -0.39 is 0 Å². The first-order valence-corrected chi connectivity index (χ1v) is 5.42. The second-order valence-electron chi connectivity index (χ2n) is 4.44. The first-order chi connectivity index (χ1) is 7.09. The summed E-state index contributed by atoms with van der Waals surface area (Å²) < 4.78 is 5.77. The zero-order valence-corrected chi connectivity index (χ0v) is 10.2. The number of nitrogens with zero attached hydrogens (tertiary/aromatic N) is 1. The van der Waals surface area contributed by atoms with Gasteiger partial charge in [-0.3, -0.25) is 0 Å². The largest absolute Gasteiger partial charge is 0.493 e. The van der Waals surface area contributed by atoms with Crippen molar-refractivity contribution < 1.29 is 4.74 Å². The Hall–Kier alpha value is -1.02. The molecule has 0 aliphatic carbocycles. The van der Waals surface area contributed by atoms with E-state index >= 15 is 0 Å². The van der Waals surface area contributed by atoms with Crippen molar-refractivity contribution in [2.75, 3.05) is 27.2 Å². The highest BCUT2D eigenvalue weighted by molar-refractivity contribution is 5.31. The van der Waals surface area contributed by atoms with Gasteiger partial charge < -0.3 is 9.64 Å². The van der Waals surface area contributed by atoms with Crippen LogP contribution in [0.1, 0.15) is 12.5 Å². The summed E-state index contributed by atoms with van der Waals surface area (Å²) in [4.78, 5) is 2.19. The highest BCUT2D eigenvalue weighted by Crippen LogP contribution is 2.16. The fourth-order valence-electron chi connectivity index (χ4n) is 1.63. The third kappa shape index (κ3) is 4.34. The lowest BCUT2D eigenvalue weighted by Crippen LogP contribution is -2.24. The normalized spacial score (nSPS) is 12.9. The zero-order chi connectivity index (χ0) is 11.3. The van der Waals surface area contributed by atoms with Crippen LogP contribution in [0.2, 0.25) is 0 Å². The monoisotopic (exact) mass is 207 g/mol. The molecule has 0 N–H and O–H groups in total. The van der Waals surface area contributed by atoms with E-state index in [0.29, 0.717) is 5.92 Å². The average Bonchev–Trinajstić information content (AvgIpc) is 2.15. The lowest BCUT2D eigenvalue weighted by molar-refractivity contribution is 0.221. The van der Waals surface area contributed by atoms with Crippen LogP contribution < -0.4 is 4.74 Å². The minimum atomic E-state index is 0.555. The Balaban J connectivity index is 2.40. The predicted octanol–water partition coefficient (Wildman–Crippen LogP) is 2.57. The van der Waals surface area contributed by atoms with Crippen LogP contribution in [0.4, 0.5) is 0 Å². The van der Waals surface area contributed by atoms with E-state index in [2.05, 4.69) is 38.9 Å². The summed E-state index contributed by atoms with van der Waals surface area (Å²) in [5, 5.41) is 0. The maximum Gasteiger partial charge on any atom is 0.122 e. The maximum absolute atomic E-state index is 5.77. The van der Waals surface area contributed by atoms with Crippen LogP contribution in [0.25, 0.3) is 0 Å². The molecule has 0 fully saturated rings. The quantitative estimate of drug-likeness (QED) is 0.736. The van der Waals surface area contributed by atoms with Crippen molar-refractivity contribution in [3.63, 3.8) is 0 Å². The molecule has 1 aromatic carbocycles. The Kier molecular flexibility index (Phi) is 4.63. The van der Waals surface area contributed by atoms with Crippen molar-refractivity contribution >= 4 is 0 Å². The van der Waals surface area contributed by atoms with Crippen molar-refractivity contribution in [3.05, 3.63) is 29.8 Å². The molecular weight excluding hydrogens is 186 g/mol. The number of hydrogen-bond donors (Lipinski definition) is 0. The zero-order valence-electron chi connectivity index (χ0n) is 10.2. The minimum Gasteiger partial charge on any atom is -0.493 e. The topological polar surface area (TPSA) is 12.5 Å². The van der Waals surface area contributed by atoms with Crippen molar-refractivity contribution in [3.8, 4) is 5.75 Å². The molecule has 1 rings (SSSR count). The van der Waals surface area contributed by atoms with Crippen LogP contribution in [-0.4, -0.2) is 32.1 Å². The van der Waals surface area contributed by atoms with Crippen molar-refractivity contribution in [1.82, 2.24) is 4.90 Å². The van der Waals surface area contributed by atoms with Gasteiger partial charge >= 0.3 is 0 Å². The molecule has 2 nitrogen and oxygen atoms in total. The van der Waals surface area contributed by atoms with Crippen molar-refractivity contribution in [1.29, 1.82) is 0 Å². The standard InChI is InChI=1S/C13H21NO/c1-11(9-14(3)4)10-15-13-8-6-5-7-12(13)2/h5-8,11H,9-10H2,1-4H3. The van der Waals surface area contributed by atoms with E-state index in [0.717, 1.165) is 18.9 Å². The molecule has 0 saturated heterocycles. The SMILES string of the molecule is Cc1ccccc1OCC(C)CN(C)C. The number of aryl methyl sites for hydroxylation is 1. The lowest BCUT2D eigenvalue weighted by Gasteiger charge is -2.18. The molecule has 0 heterocycles. The van der Waals surface area contributed by atoms with Gasteiger partial charge in [-0.25, -0.2) is 0 Å². The molecule has 0 saturated carbocycles. The van der Waals surface area contributed by atoms with Crippen molar-refractivity contribution in [2.24, 2.45) is 5.92 Å². The van der Waals surface area contributed by atoms with Crippen LogP contribution in [0.5, 0.6) is 5.75 Å². The summed E-state index contributed by atoms with van der Waals surface area (Å²) in [5.41, 5.74) is 1.20. The Morgan fingerprint density at radius 2 is 1.93 bits per heavy atom. The molecular formula is C13H21NO. The second kappa shape index (κ2) is 5.76. The number of para-hydroxylation sites is 1. The molecule has 1 unspecified atom stereocenters. The van der Waals surface area contributed by atoms with E-state index in [-0.39, 0.29) is 0 Å². The van der Waals surface area contributed by atoms with Gasteiger partial charge in [-0.1, -0.05) is 25.1 Å². The van der Waals surface area contributed by atoms with Gasteiger partial charge in [0, 0.05) is 12.5 Å². The molecule has 0 spiro atoms. The molecule has 0 aromatic heterocycles. The van der Waals surface area contributed by atoms with Crippen LogP contribution in [0.3, 0.4) is 0 Å². The molecule has 0 aliphatic heterocycles. The van der Waals surface area contributed by atoms with E-state index in [4.69, 9.17) is 4.74 Å².